The zero-order valence-corrected chi connectivity index (χ0v) is 10.6. The molecular weight excluding hydrogens is 225 g/mol. The molecular formula is C13H19ClFN. The molecule has 1 N–H and O–H groups in total. The highest BCUT2D eigenvalue weighted by Crippen LogP contribution is 2.32. The molecule has 0 amide bonds. The highest BCUT2D eigenvalue weighted by atomic mass is 35.5. The van der Waals surface area contributed by atoms with Crippen LogP contribution in [0.25, 0.3) is 0 Å². The zero-order valence-electron chi connectivity index (χ0n) is 9.79. The Hall–Kier alpha value is -0.600. The number of alkyl halides is 1. The van der Waals surface area contributed by atoms with Gasteiger partial charge in [-0.1, -0.05) is 24.3 Å². The molecule has 1 nitrogen and oxygen atoms in total. The van der Waals surface area contributed by atoms with Crippen molar-refractivity contribution in [2.75, 3.05) is 6.54 Å². The Bertz CT molecular complexity index is 356. The summed E-state index contributed by atoms with van der Waals surface area (Å²) < 4.78 is 13.5. The fraction of sp³-hybridized carbons (Fsp3) is 0.538. The van der Waals surface area contributed by atoms with E-state index in [-0.39, 0.29) is 17.9 Å². The molecule has 2 rings (SSSR count). The molecule has 0 spiro atoms. The van der Waals surface area contributed by atoms with Crippen LogP contribution in [0.2, 0.25) is 0 Å². The van der Waals surface area contributed by atoms with Gasteiger partial charge in [0, 0.05) is 12.0 Å². The van der Waals surface area contributed by atoms with Crippen LogP contribution in [-0.4, -0.2) is 12.7 Å². The summed E-state index contributed by atoms with van der Waals surface area (Å²) in [4.78, 5) is 0. The second-order valence-corrected chi connectivity index (χ2v) is 4.66. The first-order chi connectivity index (χ1) is 7.12. The van der Waals surface area contributed by atoms with E-state index in [4.69, 9.17) is 0 Å². The minimum Gasteiger partial charge on any atom is -0.307 e. The first-order valence-corrected chi connectivity index (χ1v) is 5.57. The van der Waals surface area contributed by atoms with E-state index in [1.54, 1.807) is 0 Å². The molecule has 1 heterocycles. The molecule has 2 atom stereocenters. The lowest BCUT2D eigenvalue weighted by Gasteiger charge is -2.38. The van der Waals surface area contributed by atoms with E-state index in [0.29, 0.717) is 12.8 Å². The number of piperidine rings is 1. The number of rotatable bonds is 1. The maximum Gasteiger partial charge on any atom is 0.103 e. The summed E-state index contributed by atoms with van der Waals surface area (Å²) in [5.41, 5.74) is 2.28. The second kappa shape index (κ2) is 5.15. The predicted molar refractivity (Wildman–Crippen MR) is 67.9 cm³/mol. The number of nitrogens with one attached hydrogen (secondary N) is 1. The molecule has 0 aromatic heterocycles. The molecule has 1 saturated heterocycles. The van der Waals surface area contributed by atoms with Gasteiger partial charge in [-0.2, -0.15) is 0 Å². The third kappa shape index (κ3) is 2.55. The molecule has 0 aliphatic carbocycles. The van der Waals surface area contributed by atoms with Gasteiger partial charge in [0.15, 0.2) is 0 Å². The maximum atomic E-state index is 13.5. The van der Waals surface area contributed by atoms with Crippen LogP contribution in [0.15, 0.2) is 24.3 Å². The highest BCUT2D eigenvalue weighted by molar-refractivity contribution is 5.85. The first kappa shape index (κ1) is 13.5. The Morgan fingerprint density at radius 3 is 2.69 bits per heavy atom. The SMILES string of the molecule is Cc1ccccc1C1(C)CC(F)CCN1.Cl. The monoisotopic (exact) mass is 243 g/mol. The maximum absolute atomic E-state index is 13.5. The van der Waals surface area contributed by atoms with Gasteiger partial charge < -0.3 is 5.32 Å². The highest BCUT2D eigenvalue weighted by Gasteiger charge is 2.34. The molecule has 90 valence electrons. The Kier molecular flexibility index (Phi) is 4.34. The normalized spacial score (nSPS) is 29.6. The summed E-state index contributed by atoms with van der Waals surface area (Å²) in [5, 5.41) is 3.44. The molecule has 0 radical (unpaired) electrons. The minimum absolute atomic E-state index is 0. The standard InChI is InChI=1S/C13H18FN.ClH/c1-10-5-3-4-6-12(10)13(2)9-11(14)7-8-15-13;/h3-6,11,15H,7-9H2,1-2H3;1H. The minimum atomic E-state index is -0.671. The fourth-order valence-electron chi connectivity index (χ4n) is 2.52. The lowest BCUT2D eigenvalue weighted by atomic mass is 9.81. The summed E-state index contributed by atoms with van der Waals surface area (Å²) >= 11 is 0. The third-order valence-electron chi connectivity index (χ3n) is 3.34. The Morgan fingerprint density at radius 1 is 1.38 bits per heavy atom. The first-order valence-electron chi connectivity index (χ1n) is 5.57. The smallest absolute Gasteiger partial charge is 0.103 e. The van der Waals surface area contributed by atoms with Gasteiger partial charge in [-0.05, 0) is 37.9 Å². The Labute approximate surface area is 103 Å². The number of hydrogen-bond acceptors (Lipinski definition) is 1. The zero-order chi connectivity index (χ0) is 10.9. The van der Waals surface area contributed by atoms with Crippen molar-refractivity contribution in [3.8, 4) is 0 Å². The van der Waals surface area contributed by atoms with Crippen molar-refractivity contribution < 1.29 is 4.39 Å². The fourth-order valence-corrected chi connectivity index (χ4v) is 2.52. The topological polar surface area (TPSA) is 12.0 Å². The summed E-state index contributed by atoms with van der Waals surface area (Å²) in [5.74, 6) is 0. The van der Waals surface area contributed by atoms with Gasteiger partial charge in [0.1, 0.15) is 6.17 Å². The predicted octanol–water partition coefficient (Wildman–Crippen LogP) is 3.35. The quantitative estimate of drug-likeness (QED) is 0.798. The van der Waals surface area contributed by atoms with Crippen LogP contribution >= 0.6 is 12.4 Å². The number of aryl methyl sites for hydroxylation is 1. The summed E-state index contributed by atoms with van der Waals surface area (Å²) in [6, 6.07) is 8.24. The average Bonchev–Trinajstić information content (AvgIpc) is 2.17. The molecule has 0 bridgehead atoms. The molecule has 0 saturated carbocycles. The van der Waals surface area contributed by atoms with Crippen LogP contribution in [-0.2, 0) is 5.54 Å². The molecule has 16 heavy (non-hydrogen) atoms. The Balaban J connectivity index is 0.00000128. The Morgan fingerprint density at radius 2 is 2.06 bits per heavy atom. The van der Waals surface area contributed by atoms with Crippen molar-refractivity contribution >= 4 is 12.4 Å². The molecule has 2 unspecified atom stereocenters. The molecule has 1 aliphatic heterocycles. The molecule has 3 heteroatoms. The van der Waals surface area contributed by atoms with E-state index >= 15 is 0 Å². The van der Waals surface area contributed by atoms with Crippen LogP contribution in [0.4, 0.5) is 4.39 Å². The number of benzene rings is 1. The van der Waals surface area contributed by atoms with Crippen molar-refractivity contribution in [1.29, 1.82) is 0 Å². The van der Waals surface area contributed by atoms with Crippen molar-refractivity contribution in [3.63, 3.8) is 0 Å². The lowest BCUT2D eigenvalue weighted by Crippen LogP contribution is -2.47. The lowest BCUT2D eigenvalue weighted by molar-refractivity contribution is 0.164. The summed E-state index contributed by atoms with van der Waals surface area (Å²) in [6.45, 7) is 4.96. The van der Waals surface area contributed by atoms with Gasteiger partial charge in [0.2, 0.25) is 0 Å². The van der Waals surface area contributed by atoms with Crippen LogP contribution in [0.3, 0.4) is 0 Å². The van der Waals surface area contributed by atoms with Gasteiger partial charge in [-0.15, -0.1) is 12.4 Å². The van der Waals surface area contributed by atoms with Crippen LogP contribution in [0.5, 0.6) is 0 Å². The second-order valence-electron chi connectivity index (χ2n) is 4.66. The number of halogens is 2. The third-order valence-corrected chi connectivity index (χ3v) is 3.34. The van der Waals surface area contributed by atoms with E-state index in [1.165, 1.54) is 11.1 Å². The molecule has 1 aromatic rings. The van der Waals surface area contributed by atoms with E-state index in [2.05, 4.69) is 31.3 Å². The van der Waals surface area contributed by atoms with Gasteiger partial charge in [0.05, 0.1) is 0 Å². The van der Waals surface area contributed by atoms with E-state index in [0.717, 1.165) is 6.54 Å². The van der Waals surface area contributed by atoms with Crippen molar-refractivity contribution in [2.45, 2.75) is 38.4 Å². The largest absolute Gasteiger partial charge is 0.307 e. The van der Waals surface area contributed by atoms with Gasteiger partial charge in [0.25, 0.3) is 0 Å². The number of hydrogen-bond donors (Lipinski definition) is 1. The van der Waals surface area contributed by atoms with Crippen molar-refractivity contribution in [1.82, 2.24) is 5.32 Å². The van der Waals surface area contributed by atoms with Crippen molar-refractivity contribution in [3.05, 3.63) is 35.4 Å². The van der Waals surface area contributed by atoms with E-state index in [1.807, 2.05) is 12.1 Å². The molecule has 1 fully saturated rings. The van der Waals surface area contributed by atoms with Gasteiger partial charge in [-0.3, -0.25) is 0 Å². The van der Waals surface area contributed by atoms with Crippen molar-refractivity contribution in [2.24, 2.45) is 0 Å². The van der Waals surface area contributed by atoms with Crippen LogP contribution in [0.1, 0.15) is 30.9 Å². The summed E-state index contributed by atoms with van der Waals surface area (Å²) in [7, 11) is 0. The average molecular weight is 244 g/mol. The summed E-state index contributed by atoms with van der Waals surface area (Å²) in [6.07, 6.45) is 0.551. The van der Waals surface area contributed by atoms with E-state index < -0.39 is 6.17 Å². The van der Waals surface area contributed by atoms with Crippen LogP contribution in [0, 0.1) is 6.92 Å². The molecule has 1 aromatic carbocycles. The van der Waals surface area contributed by atoms with Gasteiger partial charge in [-0.25, -0.2) is 4.39 Å². The van der Waals surface area contributed by atoms with Gasteiger partial charge >= 0.3 is 0 Å². The molecule has 1 aliphatic rings. The van der Waals surface area contributed by atoms with E-state index in [9.17, 15) is 4.39 Å². The van der Waals surface area contributed by atoms with Crippen LogP contribution < -0.4 is 5.32 Å².